The smallest absolute Gasteiger partial charge is 0.265 e. The molecule has 5 nitrogen and oxygen atoms in total. The lowest BCUT2D eigenvalue weighted by Gasteiger charge is -2.20. The number of benzene rings is 1. The normalized spacial score (nSPS) is 10.6. The van der Waals surface area contributed by atoms with Gasteiger partial charge in [-0.1, -0.05) is 20.3 Å². The maximum absolute atomic E-state index is 11.3. The second kappa shape index (κ2) is 9.34. The van der Waals surface area contributed by atoms with E-state index in [0.29, 0.717) is 12.2 Å². The molecule has 0 unspecified atom stereocenters. The van der Waals surface area contributed by atoms with Crippen LogP contribution >= 0.6 is 0 Å². The summed E-state index contributed by atoms with van der Waals surface area (Å²) in [6, 6.07) is 6.97. The number of carbonyl (C=O) groups is 1. The van der Waals surface area contributed by atoms with Gasteiger partial charge in [-0.2, -0.15) is 0 Å². The molecule has 112 valence electrons. The van der Waals surface area contributed by atoms with Gasteiger partial charge in [-0.3, -0.25) is 10.2 Å². The fourth-order valence-corrected chi connectivity index (χ4v) is 1.89. The van der Waals surface area contributed by atoms with E-state index in [2.05, 4.69) is 24.2 Å². The van der Waals surface area contributed by atoms with Crippen molar-refractivity contribution in [2.45, 2.75) is 26.7 Å². The standard InChI is InChI=1S/C15H25N3O2/c1-3-5-10-18(4-2)11-12-20-14-8-6-13(7-9-14)15(19)17-16/h6-9H,3-5,10-12,16H2,1-2H3,(H,17,19). The van der Waals surface area contributed by atoms with E-state index in [0.717, 1.165) is 25.4 Å². The van der Waals surface area contributed by atoms with Crippen LogP contribution in [0.25, 0.3) is 0 Å². The third-order valence-electron chi connectivity index (χ3n) is 3.20. The summed E-state index contributed by atoms with van der Waals surface area (Å²) in [5.74, 6) is 5.55. The molecule has 0 saturated carbocycles. The summed E-state index contributed by atoms with van der Waals surface area (Å²) in [6.07, 6.45) is 2.43. The first-order valence-corrected chi connectivity index (χ1v) is 7.17. The van der Waals surface area contributed by atoms with Crippen molar-refractivity contribution in [2.24, 2.45) is 5.84 Å². The summed E-state index contributed by atoms with van der Waals surface area (Å²) in [4.78, 5) is 13.7. The quantitative estimate of drug-likeness (QED) is 0.411. The molecule has 1 amide bonds. The van der Waals surface area contributed by atoms with E-state index in [4.69, 9.17) is 10.6 Å². The molecular formula is C15H25N3O2. The Bertz CT molecular complexity index is 393. The molecule has 0 aliphatic rings. The number of rotatable bonds is 9. The van der Waals surface area contributed by atoms with Crippen LogP contribution in [0, 0.1) is 0 Å². The number of ether oxygens (including phenoxy) is 1. The minimum atomic E-state index is -0.298. The van der Waals surface area contributed by atoms with Gasteiger partial charge in [0.2, 0.25) is 0 Å². The number of nitrogens with zero attached hydrogens (tertiary/aromatic N) is 1. The Balaban J connectivity index is 2.36. The average molecular weight is 279 g/mol. The first-order valence-electron chi connectivity index (χ1n) is 7.17. The van der Waals surface area contributed by atoms with Crippen LogP contribution in [0.2, 0.25) is 0 Å². The molecule has 0 aromatic heterocycles. The molecule has 0 atom stereocenters. The van der Waals surface area contributed by atoms with E-state index in [1.165, 1.54) is 12.8 Å². The lowest BCUT2D eigenvalue weighted by atomic mass is 10.2. The van der Waals surface area contributed by atoms with Gasteiger partial charge in [0.25, 0.3) is 5.91 Å². The van der Waals surface area contributed by atoms with Crippen LogP contribution in [-0.4, -0.2) is 37.0 Å². The molecule has 0 heterocycles. The lowest BCUT2D eigenvalue weighted by molar-refractivity contribution is 0.0953. The van der Waals surface area contributed by atoms with Gasteiger partial charge in [0, 0.05) is 12.1 Å². The Morgan fingerprint density at radius 1 is 1.25 bits per heavy atom. The minimum absolute atomic E-state index is 0.298. The van der Waals surface area contributed by atoms with E-state index in [1.807, 2.05) is 0 Å². The molecule has 0 bridgehead atoms. The van der Waals surface area contributed by atoms with E-state index in [1.54, 1.807) is 24.3 Å². The van der Waals surface area contributed by atoms with Gasteiger partial charge >= 0.3 is 0 Å². The molecule has 0 aliphatic heterocycles. The van der Waals surface area contributed by atoms with Crippen molar-refractivity contribution in [2.75, 3.05) is 26.2 Å². The van der Waals surface area contributed by atoms with Crippen molar-refractivity contribution in [3.8, 4) is 5.75 Å². The van der Waals surface area contributed by atoms with Crippen molar-refractivity contribution >= 4 is 5.91 Å². The van der Waals surface area contributed by atoms with E-state index in [9.17, 15) is 4.79 Å². The number of amides is 1. The van der Waals surface area contributed by atoms with Crippen LogP contribution in [-0.2, 0) is 0 Å². The third-order valence-corrected chi connectivity index (χ3v) is 3.20. The highest BCUT2D eigenvalue weighted by Crippen LogP contribution is 2.12. The van der Waals surface area contributed by atoms with Crippen LogP contribution in [0.3, 0.4) is 0 Å². The number of likely N-dealkylation sites (N-methyl/N-ethyl adjacent to an activating group) is 1. The monoisotopic (exact) mass is 279 g/mol. The average Bonchev–Trinajstić information content (AvgIpc) is 2.50. The highest BCUT2D eigenvalue weighted by atomic mass is 16.5. The van der Waals surface area contributed by atoms with Gasteiger partial charge < -0.3 is 9.64 Å². The maximum Gasteiger partial charge on any atom is 0.265 e. The van der Waals surface area contributed by atoms with Gasteiger partial charge in [0.1, 0.15) is 12.4 Å². The number of hydrogen-bond acceptors (Lipinski definition) is 4. The molecule has 1 aromatic carbocycles. The Hall–Kier alpha value is -1.59. The zero-order valence-electron chi connectivity index (χ0n) is 12.4. The van der Waals surface area contributed by atoms with Crippen molar-refractivity contribution in [3.05, 3.63) is 29.8 Å². The molecule has 1 aromatic rings. The predicted molar refractivity (Wildman–Crippen MR) is 80.6 cm³/mol. The predicted octanol–water partition coefficient (Wildman–Crippen LogP) is 1.79. The molecular weight excluding hydrogens is 254 g/mol. The number of unbranched alkanes of at least 4 members (excludes halogenated alkanes) is 1. The van der Waals surface area contributed by atoms with Crippen LogP contribution < -0.4 is 16.0 Å². The highest BCUT2D eigenvalue weighted by molar-refractivity contribution is 5.93. The number of nitrogen functional groups attached to an aromatic ring is 1. The van der Waals surface area contributed by atoms with E-state index in [-0.39, 0.29) is 5.91 Å². The molecule has 0 radical (unpaired) electrons. The van der Waals surface area contributed by atoms with Crippen LogP contribution in [0.1, 0.15) is 37.0 Å². The molecule has 3 N–H and O–H groups in total. The fraction of sp³-hybridized carbons (Fsp3) is 0.533. The molecule has 0 spiro atoms. The van der Waals surface area contributed by atoms with Gasteiger partial charge in [-0.25, -0.2) is 5.84 Å². The van der Waals surface area contributed by atoms with Crippen molar-refractivity contribution < 1.29 is 9.53 Å². The Kier molecular flexibility index (Phi) is 7.69. The van der Waals surface area contributed by atoms with Crippen molar-refractivity contribution in [1.82, 2.24) is 10.3 Å². The van der Waals surface area contributed by atoms with Crippen LogP contribution in [0.4, 0.5) is 0 Å². The summed E-state index contributed by atoms with van der Waals surface area (Å²) in [7, 11) is 0. The Morgan fingerprint density at radius 2 is 1.95 bits per heavy atom. The minimum Gasteiger partial charge on any atom is -0.492 e. The number of hydrogen-bond donors (Lipinski definition) is 2. The topological polar surface area (TPSA) is 67.6 Å². The maximum atomic E-state index is 11.3. The van der Waals surface area contributed by atoms with Crippen LogP contribution in [0.15, 0.2) is 24.3 Å². The fourth-order valence-electron chi connectivity index (χ4n) is 1.89. The van der Waals surface area contributed by atoms with Crippen LogP contribution in [0.5, 0.6) is 5.75 Å². The van der Waals surface area contributed by atoms with Gasteiger partial charge in [-0.15, -0.1) is 0 Å². The summed E-state index contributed by atoms with van der Waals surface area (Å²) in [5.41, 5.74) is 2.63. The summed E-state index contributed by atoms with van der Waals surface area (Å²) < 4.78 is 5.68. The van der Waals surface area contributed by atoms with E-state index < -0.39 is 0 Å². The molecule has 1 rings (SSSR count). The number of nitrogens with one attached hydrogen (secondary N) is 1. The SMILES string of the molecule is CCCCN(CC)CCOc1ccc(C(=O)NN)cc1. The summed E-state index contributed by atoms with van der Waals surface area (Å²) in [6.45, 7) is 8.09. The Labute approximate surface area is 121 Å². The first kappa shape index (κ1) is 16.5. The number of hydrazine groups is 1. The molecule has 5 heteroatoms. The lowest BCUT2D eigenvalue weighted by Crippen LogP contribution is -2.30. The second-order valence-electron chi connectivity index (χ2n) is 4.63. The molecule has 0 aliphatic carbocycles. The summed E-state index contributed by atoms with van der Waals surface area (Å²) in [5, 5.41) is 0. The number of carbonyl (C=O) groups excluding carboxylic acids is 1. The molecule has 20 heavy (non-hydrogen) atoms. The van der Waals surface area contributed by atoms with Gasteiger partial charge in [-0.05, 0) is 43.8 Å². The number of nitrogens with two attached hydrogens (primary N) is 1. The zero-order chi connectivity index (χ0) is 14.8. The highest BCUT2D eigenvalue weighted by Gasteiger charge is 2.04. The van der Waals surface area contributed by atoms with Crippen molar-refractivity contribution in [1.29, 1.82) is 0 Å². The molecule has 0 fully saturated rings. The first-order chi connectivity index (χ1) is 9.71. The van der Waals surface area contributed by atoms with E-state index >= 15 is 0 Å². The Morgan fingerprint density at radius 3 is 2.50 bits per heavy atom. The summed E-state index contributed by atoms with van der Waals surface area (Å²) >= 11 is 0. The molecule has 0 saturated heterocycles. The van der Waals surface area contributed by atoms with Gasteiger partial charge in [0.05, 0.1) is 0 Å². The third kappa shape index (κ3) is 5.59. The zero-order valence-corrected chi connectivity index (χ0v) is 12.4. The second-order valence-corrected chi connectivity index (χ2v) is 4.63. The van der Waals surface area contributed by atoms with Crippen molar-refractivity contribution in [3.63, 3.8) is 0 Å². The van der Waals surface area contributed by atoms with Gasteiger partial charge in [0.15, 0.2) is 0 Å². The largest absolute Gasteiger partial charge is 0.492 e.